The third kappa shape index (κ3) is 30.5. The van der Waals surface area contributed by atoms with Gasteiger partial charge in [0.2, 0.25) is 65.5 Å². The lowest BCUT2D eigenvalue weighted by atomic mass is 9.86. The Morgan fingerprint density at radius 3 is 1.98 bits per heavy atom. The van der Waals surface area contributed by atoms with E-state index in [2.05, 4.69) is 68.6 Å². The average molecular weight is 1580 g/mol. The molecule has 3 fully saturated rings. The molecule has 0 aromatic heterocycles. The summed E-state index contributed by atoms with van der Waals surface area (Å²) in [5, 5.41) is 115. The first-order valence-electron chi connectivity index (χ1n) is 38.9. The second-order valence-corrected chi connectivity index (χ2v) is 31.1. The second kappa shape index (κ2) is 48.2. The van der Waals surface area contributed by atoms with Gasteiger partial charge in [-0.3, -0.25) is 57.5 Å². The highest BCUT2D eigenvalue weighted by atomic mass is 32.2. The van der Waals surface area contributed by atoms with Crippen molar-refractivity contribution in [2.45, 2.75) is 261 Å². The molecule has 19 atom stereocenters. The maximum absolute atomic E-state index is 15.3. The molecule has 0 unspecified atom stereocenters. The number of ether oxygens (including phenoxy) is 1. The minimum absolute atomic E-state index is 0.0219. The van der Waals surface area contributed by atoms with Gasteiger partial charge in [0, 0.05) is 71.2 Å². The molecule has 19 N–H and O–H groups in total. The number of carbonyl (C=O) groups is 12. The summed E-state index contributed by atoms with van der Waals surface area (Å²) in [7, 11) is 0. The molecule has 0 aliphatic carbocycles. The molecular weight excluding hydrogens is 1460 g/mol. The molecule has 0 spiro atoms. The maximum Gasteiger partial charge on any atom is 0.248 e. The van der Waals surface area contributed by atoms with Gasteiger partial charge >= 0.3 is 0 Å². The Morgan fingerprint density at radius 2 is 1.33 bits per heavy atom. The standard InChI is InChI=1S/C77H122N12O21S/c1-8-45(4)37-46(5)18-14-11-9-10-12-17-21-63(99)82-56-41-61(97)75(110-34-30-78)87-74(107)66-59(95)28-33-88(66)77(109)65(86-69(102)52(68(101)67(100)49-22-24-50(92)25-23-49)40-60(96)57-39-51(93)42-89(57)76(108)64(47(6)91)85-73(56)106)58(94)26-31-79-62(98)27-32-80-70(103)55(38-48-19-15-13-16-20-48)84-72(105)54(36-44(2)3)83-71(104)53(81-43-90)29-35-111-7/h13,15-16,19-20,22-25,43-47,51-59,61,64-68,75,91-95,97,100-101H,8-12,14,17-18,21,26-42,78H2,1-7H3,(H,79,98)(H,80,103)(H,81,90)(H,82,99)(H,83,104)(H,84,105)(H,85,106)(H,86,102)(H,87,107)/t45-,46+,47+,51+,52-,53-,54-,55-,56-,57-,58+,59-,61+,64-,65-,66-,67-,68-,75+/m0/s1. The fourth-order valence-corrected chi connectivity index (χ4v) is 14.5. The number of aromatic hydroxyl groups is 1. The molecule has 5 rings (SSSR count). The maximum atomic E-state index is 15.3. The van der Waals surface area contributed by atoms with E-state index in [0.717, 1.165) is 67.4 Å². The topological polar surface area (TPSA) is 517 Å². The number of fused-ring (bicyclic) bond motifs is 2. The van der Waals surface area contributed by atoms with Crippen LogP contribution in [0.2, 0.25) is 0 Å². The summed E-state index contributed by atoms with van der Waals surface area (Å²) < 4.78 is 5.82. The van der Waals surface area contributed by atoms with Crippen LogP contribution < -0.4 is 53.6 Å². The molecule has 34 heteroatoms. The van der Waals surface area contributed by atoms with Crippen molar-refractivity contribution in [3.05, 3.63) is 65.7 Å². The normalized spacial score (nSPS) is 24.1. The summed E-state index contributed by atoms with van der Waals surface area (Å²) in [5.41, 5.74) is 6.37. The Balaban J connectivity index is 1.46. The number of rotatable bonds is 41. The van der Waals surface area contributed by atoms with Crippen LogP contribution >= 0.6 is 11.8 Å². The van der Waals surface area contributed by atoms with Crippen molar-refractivity contribution < 1.29 is 103 Å². The van der Waals surface area contributed by atoms with Gasteiger partial charge in [0.25, 0.3) is 0 Å². The van der Waals surface area contributed by atoms with Crippen molar-refractivity contribution in [1.29, 1.82) is 0 Å². The highest BCUT2D eigenvalue weighted by molar-refractivity contribution is 7.98. The third-order valence-corrected chi connectivity index (χ3v) is 21.1. The third-order valence-electron chi connectivity index (χ3n) is 20.5. The lowest BCUT2D eigenvalue weighted by Crippen LogP contribution is -2.62. The van der Waals surface area contributed by atoms with Crippen LogP contribution in [0.1, 0.15) is 174 Å². The van der Waals surface area contributed by atoms with Crippen LogP contribution in [-0.4, -0.2) is 264 Å². The number of benzene rings is 2. The predicted molar refractivity (Wildman–Crippen MR) is 410 cm³/mol. The van der Waals surface area contributed by atoms with Gasteiger partial charge in [-0.05, 0) is 98.5 Å². The fraction of sp³-hybridized carbons (Fsp3) is 0.688. The van der Waals surface area contributed by atoms with E-state index in [1.165, 1.54) is 30.3 Å². The summed E-state index contributed by atoms with van der Waals surface area (Å²) >= 11 is 1.46. The highest BCUT2D eigenvalue weighted by Crippen LogP contribution is 2.31. The molecule has 0 radical (unpaired) electrons. The SMILES string of the molecule is CC[C@H](C)C[C@H](C)CCCCCCCCC(=O)N[C@H]1C[C@@H](O)[C@@H](OCCN)NC(=O)[C@@H]2[C@@H](O)CCN2C(=O)[C@H]([C@H](O)CCNC(=O)CCNC(=O)[C@H](Cc2ccccc2)NC(=O)[C@H](CC(C)C)NC(=O)[C@H](CCSC)NC=O)NC(=O)[C@H]([C@H](O)[C@@H](O)c2ccc(O)cc2)CC(=O)[C@@H]2C[C@@H](O)CN2C(=O)[C@H]([C@@H](C)O)NC1=O. The quantitative estimate of drug-likeness (QED) is 0.0280. The van der Waals surface area contributed by atoms with Gasteiger partial charge in [0.15, 0.2) is 12.0 Å². The van der Waals surface area contributed by atoms with Gasteiger partial charge in [-0.25, -0.2) is 0 Å². The Hall–Kier alpha value is -7.93. The smallest absolute Gasteiger partial charge is 0.248 e. The van der Waals surface area contributed by atoms with E-state index in [-0.39, 0.29) is 69.0 Å². The van der Waals surface area contributed by atoms with E-state index >= 15 is 9.59 Å². The van der Waals surface area contributed by atoms with Crippen molar-refractivity contribution >= 4 is 83.0 Å². The zero-order valence-corrected chi connectivity index (χ0v) is 65.8. The molecule has 2 aromatic carbocycles. The number of phenols is 1. The highest BCUT2D eigenvalue weighted by Gasteiger charge is 2.49. The Labute approximate surface area is 654 Å². The lowest BCUT2D eigenvalue weighted by molar-refractivity contribution is -0.150. The van der Waals surface area contributed by atoms with Crippen LogP contribution in [0.5, 0.6) is 5.75 Å². The number of amides is 11. The number of nitrogens with one attached hydrogen (secondary N) is 9. The van der Waals surface area contributed by atoms with E-state index in [9.17, 15) is 88.8 Å². The number of aliphatic hydroxyl groups is 7. The minimum atomic E-state index is -2.31. The van der Waals surface area contributed by atoms with E-state index in [0.29, 0.717) is 42.4 Å². The van der Waals surface area contributed by atoms with Crippen LogP contribution in [-0.2, 0) is 68.7 Å². The number of carbonyl (C=O) groups excluding carboxylic acids is 12. The van der Waals surface area contributed by atoms with E-state index in [4.69, 9.17) is 10.5 Å². The molecule has 0 saturated carbocycles. The molecule has 33 nitrogen and oxygen atoms in total. The number of Topliss-reactive ketones (excluding diaryl/α,β-unsaturated/α-hetero) is 1. The van der Waals surface area contributed by atoms with Crippen LogP contribution in [0.15, 0.2) is 54.6 Å². The Morgan fingerprint density at radius 1 is 0.685 bits per heavy atom. The van der Waals surface area contributed by atoms with Gasteiger partial charge < -0.3 is 109 Å². The minimum Gasteiger partial charge on any atom is -0.508 e. The molecular formula is C77H122N12O21S. The monoisotopic (exact) mass is 1580 g/mol. The summed E-state index contributed by atoms with van der Waals surface area (Å²) in [4.78, 5) is 172. The number of phenolic OH excluding ortho intramolecular Hbond substituents is 1. The van der Waals surface area contributed by atoms with Gasteiger partial charge in [-0.15, -0.1) is 0 Å². The van der Waals surface area contributed by atoms with Crippen LogP contribution in [0, 0.1) is 23.7 Å². The summed E-state index contributed by atoms with van der Waals surface area (Å²) in [5.74, 6) is -11.3. The first-order chi connectivity index (χ1) is 52.8. The number of ketones is 1. The van der Waals surface area contributed by atoms with Crippen LogP contribution in [0.25, 0.3) is 0 Å². The lowest BCUT2D eigenvalue weighted by Gasteiger charge is -2.34. The van der Waals surface area contributed by atoms with Crippen molar-refractivity contribution in [2.24, 2.45) is 29.4 Å². The Bertz CT molecular complexity index is 3310. The molecule has 111 heavy (non-hydrogen) atoms. The van der Waals surface area contributed by atoms with Crippen molar-refractivity contribution in [3.63, 3.8) is 0 Å². The summed E-state index contributed by atoms with van der Waals surface area (Å²) in [6, 6.07) is 0.532. The Kier molecular flexibility index (Phi) is 40.7. The van der Waals surface area contributed by atoms with Gasteiger partial charge in [0.1, 0.15) is 60.3 Å². The predicted octanol–water partition coefficient (Wildman–Crippen LogP) is -1.00. The molecule has 3 heterocycles. The second-order valence-electron chi connectivity index (χ2n) is 30.1. The largest absolute Gasteiger partial charge is 0.508 e. The van der Waals surface area contributed by atoms with Crippen molar-refractivity contribution in [2.75, 3.05) is 51.3 Å². The van der Waals surface area contributed by atoms with E-state index in [1.807, 2.05) is 20.1 Å². The zero-order valence-electron chi connectivity index (χ0n) is 65.0. The molecule has 3 aliphatic heterocycles. The van der Waals surface area contributed by atoms with Crippen LogP contribution in [0.4, 0.5) is 0 Å². The van der Waals surface area contributed by atoms with Gasteiger partial charge in [-0.2, -0.15) is 11.8 Å². The molecule has 2 aromatic rings. The van der Waals surface area contributed by atoms with Crippen molar-refractivity contribution in [3.8, 4) is 5.75 Å². The molecule has 622 valence electrons. The average Bonchev–Trinajstić information content (AvgIpc) is 1.71. The number of unbranched alkanes of at least 4 members (excludes halogenated alkanes) is 5. The fourth-order valence-electron chi connectivity index (χ4n) is 14.0. The number of hydrogen-bond donors (Lipinski definition) is 18. The zero-order chi connectivity index (χ0) is 82.0. The number of aliphatic hydroxyl groups excluding tert-OH is 7. The first-order valence-corrected chi connectivity index (χ1v) is 40.3. The summed E-state index contributed by atoms with van der Waals surface area (Å²) in [6.45, 7) is 9.09. The number of thioether (sulfide) groups is 1. The van der Waals surface area contributed by atoms with E-state index in [1.54, 1.807) is 30.3 Å². The van der Waals surface area contributed by atoms with Crippen molar-refractivity contribution in [1.82, 2.24) is 57.7 Å². The first kappa shape index (κ1) is 93.7. The number of hydrogen-bond acceptors (Lipinski definition) is 23. The summed E-state index contributed by atoms with van der Waals surface area (Å²) in [6.07, 6.45) is -8.00. The molecule has 3 saturated heterocycles. The number of nitrogens with zero attached hydrogens (tertiary/aromatic N) is 2. The molecule has 11 amide bonds. The molecule has 3 aliphatic rings. The van der Waals surface area contributed by atoms with Gasteiger partial charge in [0.05, 0.1) is 49.1 Å². The van der Waals surface area contributed by atoms with Gasteiger partial charge in [-0.1, -0.05) is 122 Å². The van der Waals surface area contributed by atoms with Crippen LogP contribution in [0.3, 0.4) is 0 Å². The number of nitrogens with two attached hydrogens (primary N) is 1. The van der Waals surface area contributed by atoms with E-state index < -0.39 is 220 Å². The molecule has 0 bridgehead atoms.